The van der Waals surface area contributed by atoms with Gasteiger partial charge < -0.3 is 16.0 Å². The summed E-state index contributed by atoms with van der Waals surface area (Å²) in [6, 6.07) is -0.431. The van der Waals surface area contributed by atoms with E-state index in [0.717, 1.165) is 45.2 Å². The van der Waals surface area contributed by atoms with Gasteiger partial charge in [-0.1, -0.05) is 26.7 Å². The summed E-state index contributed by atoms with van der Waals surface area (Å²) in [6.07, 6.45) is 5.61. The minimum absolute atomic E-state index is 0.0819. The Morgan fingerprint density at radius 1 is 1.40 bits per heavy atom. The number of nitrogens with zero attached hydrogens (tertiary/aromatic N) is 1. The summed E-state index contributed by atoms with van der Waals surface area (Å²) >= 11 is 0. The molecule has 1 aliphatic heterocycles. The number of hydrogen-bond donors (Lipinski definition) is 2. The summed E-state index contributed by atoms with van der Waals surface area (Å²) in [7, 11) is 0. The summed E-state index contributed by atoms with van der Waals surface area (Å²) in [5.74, 6) is 0.369. The Kier molecular flexibility index (Phi) is 7.59. The van der Waals surface area contributed by atoms with E-state index < -0.39 is 6.04 Å². The monoisotopic (exact) mass is 283 g/mol. The van der Waals surface area contributed by atoms with Crippen molar-refractivity contribution in [3.63, 3.8) is 0 Å². The highest BCUT2D eigenvalue weighted by atomic mass is 16.2. The fraction of sp³-hybridized carbons (Fsp3) is 0.867. The van der Waals surface area contributed by atoms with Crippen LogP contribution in [0.2, 0.25) is 0 Å². The molecule has 0 saturated carbocycles. The standard InChI is InChI=1S/C15H29N3O2/c1-3-12(2)14(16)15(20)17-9-7-11-18-10-6-4-5-8-13(18)19/h12,14H,3-11,16H2,1-2H3,(H,17,20). The van der Waals surface area contributed by atoms with E-state index in [2.05, 4.69) is 5.32 Å². The van der Waals surface area contributed by atoms with E-state index >= 15 is 0 Å². The van der Waals surface area contributed by atoms with Crippen LogP contribution < -0.4 is 11.1 Å². The first-order chi connectivity index (χ1) is 9.56. The molecule has 0 bridgehead atoms. The average molecular weight is 283 g/mol. The van der Waals surface area contributed by atoms with Crippen molar-refractivity contribution in [1.82, 2.24) is 10.2 Å². The highest BCUT2D eigenvalue weighted by molar-refractivity contribution is 5.81. The summed E-state index contributed by atoms with van der Waals surface area (Å²) in [4.78, 5) is 25.5. The molecule has 116 valence electrons. The van der Waals surface area contributed by atoms with Crippen LogP contribution in [0.1, 0.15) is 52.4 Å². The maximum absolute atomic E-state index is 11.8. The number of hydrogen-bond acceptors (Lipinski definition) is 3. The smallest absolute Gasteiger partial charge is 0.237 e. The fourth-order valence-electron chi connectivity index (χ4n) is 2.39. The van der Waals surface area contributed by atoms with E-state index in [4.69, 9.17) is 5.73 Å². The first-order valence-corrected chi connectivity index (χ1v) is 7.87. The summed E-state index contributed by atoms with van der Waals surface area (Å²) in [6.45, 7) is 6.20. The second kappa shape index (κ2) is 8.95. The van der Waals surface area contributed by atoms with Gasteiger partial charge in [-0.15, -0.1) is 0 Å². The molecule has 5 heteroatoms. The van der Waals surface area contributed by atoms with Crippen LogP contribution in [0.5, 0.6) is 0 Å². The Hall–Kier alpha value is -1.10. The molecule has 2 unspecified atom stereocenters. The second-order valence-electron chi connectivity index (χ2n) is 5.75. The number of carbonyl (C=O) groups is 2. The van der Waals surface area contributed by atoms with Gasteiger partial charge in [0.1, 0.15) is 0 Å². The van der Waals surface area contributed by atoms with Crippen molar-refractivity contribution in [2.45, 2.75) is 58.4 Å². The highest BCUT2D eigenvalue weighted by Crippen LogP contribution is 2.11. The van der Waals surface area contributed by atoms with Crippen LogP contribution in [0.4, 0.5) is 0 Å². The normalized spacial score (nSPS) is 19.4. The van der Waals surface area contributed by atoms with Gasteiger partial charge in [0.25, 0.3) is 0 Å². The van der Waals surface area contributed by atoms with Crippen LogP contribution in [0.25, 0.3) is 0 Å². The van der Waals surface area contributed by atoms with Crippen LogP contribution in [0.15, 0.2) is 0 Å². The number of rotatable bonds is 7. The predicted octanol–water partition coefficient (Wildman–Crippen LogP) is 1.27. The quantitative estimate of drug-likeness (QED) is 0.691. The number of nitrogens with one attached hydrogen (secondary N) is 1. The third kappa shape index (κ3) is 5.49. The zero-order chi connectivity index (χ0) is 15.0. The second-order valence-corrected chi connectivity index (χ2v) is 5.75. The van der Waals surface area contributed by atoms with E-state index in [1.54, 1.807) is 0 Å². The molecule has 5 nitrogen and oxygen atoms in total. The zero-order valence-electron chi connectivity index (χ0n) is 12.9. The van der Waals surface area contributed by atoms with Gasteiger partial charge in [0.15, 0.2) is 0 Å². The maximum atomic E-state index is 11.8. The molecular weight excluding hydrogens is 254 g/mol. The molecule has 2 atom stereocenters. The van der Waals surface area contributed by atoms with Crippen molar-refractivity contribution < 1.29 is 9.59 Å². The topological polar surface area (TPSA) is 75.4 Å². The van der Waals surface area contributed by atoms with E-state index in [1.165, 1.54) is 0 Å². The van der Waals surface area contributed by atoms with Gasteiger partial charge in [0, 0.05) is 26.1 Å². The molecule has 1 heterocycles. The maximum Gasteiger partial charge on any atom is 0.237 e. The molecule has 0 spiro atoms. The van der Waals surface area contributed by atoms with Crippen molar-refractivity contribution in [2.75, 3.05) is 19.6 Å². The van der Waals surface area contributed by atoms with Gasteiger partial charge in [0.2, 0.25) is 11.8 Å². The van der Waals surface area contributed by atoms with Crippen molar-refractivity contribution in [3.8, 4) is 0 Å². The fourth-order valence-corrected chi connectivity index (χ4v) is 2.39. The summed E-state index contributed by atoms with van der Waals surface area (Å²) in [5, 5.41) is 2.87. The first-order valence-electron chi connectivity index (χ1n) is 7.87. The lowest BCUT2D eigenvalue weighted by atomic mass is 9.99. The molecule has 1 rings (SSSR count). The largest absolute Gasteiger partial charge is 0.355 e. The minimum atomic E-state index is -0.431. The molecule has 0 aromatic heterocycles. The van der Waals surface area contributed by atoms with Crippen molar-refractivity contribution >= 4 is 11.8 Å². The number of nitrogens with two attached hydrogens (primary N) is 1. The Morgan fingerprint density at radius 3 is 2.85 bits per heavy atom. The molecule has 1 aliphatic rings. The molecular formula is C15H29N3O2. The molecule has 0 aromatic carbocycles. The molecule has 1 saturated heterocycles. The minimum Gasteiger partial charge on any atom is -0.355 e. The van der Waals surface area contributed by atoms with Gasteiger partial charge in [-0.05, 0) is 25.2 Å². The molecule has 20 heavy (non-hydrogen) atoms. The lowest BCUT2D eigenvalue weighted by molar-refractivity contribution is -0.130. The number of amides is 2. The molecule has 0 aliphatic carbocycles. The van der Waals surface area contributed by atoms with Crippen LogP contribution in [-0.2, 0) is 9.59 Å². The Morgan fingerprint density at radius 2 is 2.15 bits per heavy atom. The first kappa shape index (κ1) is 17.0. The van der Waals surface area contributed by atoms with E-state index in [-0.39, 0.29) is 17.7 Å². The molecule has 0 radical (unpaired) electrons. The van der Waals surface area contributed by atoms with Crippen LogP contribution in [0.3, 0.4) is 0 Å². The molecule has 1 fully saturated rings. The molecule has 0 aromatic rings. The van der Waals surface area contributed by atoms with Crippen LogP contribution >= 0.6 is 0 Å². The number of likely N-dealkylation sites (tertiary alicyclic amines) is 1. The summed E-state index contributed by atoms with van der Waals surface area (Å²) < 4.78 is 0. The van der Waals surface area contributed by atoms with E-state index in [9.17, 15) is 9.59 Å². The van der Waals surface area contributed by atoms with Gasteiger partial charge in [-0.2, -0.15) is 0 Å². The van der Waals surface area contributed by atoms with E-state index in [1.807, 2.05) is 18.7 Å². The Bertz CT molecular complexity index is 320. The highest BCUT2D eigenvalue weighted by Gasteiger charge is 2.19. The number of carbonyl (C=O) groups excluding carboxylic acids is 2. The van der Waals surface area contributed by atoms with Gasteiger partial charge in [0.05, 0.1) is 6.04 Å². The Balaban J connectivity index is 2.20. The van der Waals surface area contributed by atoms with Gasteiger partial charge >= 0.3 is 0 Å². The third-order valence-corrected chi connectivity index (χ3v) is 4.14. The van der Waals surface area contributed by atoms with E-state index in [0.29, 0.717) is 13.0 Å². The lowest BCUT2D eigenvalue weighted by Crippen LogP contribution is -2.45. The lowest BCUT2D eigenvalue weighted by Gasteiger charge is -2.21. The summed E-state index contributed by atoms with van der Waals surface area (Å²) in [5.41, 5.74) is 5.86. The van der Waals surface area contributed by atoms with Crippen LogP contribution in [0, 0.1) is 5.92 Å². The van der Waals surface area contributed by atoms with Crippen molar-refractivity contribution in [2.24, 2.45) is 11.7 Å². The average Bonchev–Trinajstić information content (AvgIpc) is 2.66. The molecule has 2 amide bonds. The van der Waals surface area contributed by atoms with Gasteiger partial charge in [-0.3, -0.25) is 9.59 Å². The molecule has 3 N–H and O–H groups in total. The van der Waals surface area contributed by atoms with Crippen molar-refractivity contribution in [3.05, 3.63) is 0 Å². The zero-order valence-corrected chi connectivity index (χ0v) is 12.9. The SMILES string of the molecule is CCC(C)C(N)C(=O)NCCCN1CCCCCC1=O. The Labute approximate surface area is 122 Å². The van der Waals surface area contributed by atoms with Gasteiger partial charge in [-0.25, -0.2) is 0 Å². The van der Waals surface area contributed by atoms with Crippen molar-refractivity contribution in [1.29, 1.82) is 0 Å². The third-order valence-electron chi connectivity index (χ3n) is 4.14. The predicted molar refractivity (Wildman–Crippen MR) is 80.1 cm³/mol. The van der Waals surface area contributed by atoms with Crippen LogP contribution in [-0.4, -0.2) is 42.4 Å².